The molecule has 0 fully saturated rings. The summed E-state index contributed by atoms with van der Waals surface area (Å²) in [5.41, 5.74) is 0. The Morgan fingerprint density at radius 1 is 1.82 bits per heavy atom. The molecule has 1 atom stereocenters. The van der Waals surface area contributed by atoms with Crippen molar-refractivity contribution in [3.05, 3.63) is 11.1 Å². The number of carboxylic acids is 1. The number of aliphatic carboxylic acids is 1. The molecular weight excluding hydrogens is 210 g/mol. The lowest BCUT2D eigenvalue weighted by atomic mass is 10.2. The molecule has 0 aromatic rings. The van der Waals surface area contributed by atoms with E-state index in [4.69, 9.17) is 5.11 Å². The Hall–Kier alpha value is -0.350. The van der Waals surface area contributed by atoms with Gasteiger partial charge in [-0.3, -0.25) is 4.79 Å². The first-order chi connectivity index (χ1) is 5.04. The van der Waals surface area contributed by atoms with E-state index in [9.17, 15) is 4.79 Å². The maximum Gasteiger partial charge on any atom is 0.307 e. The molecule has 0 aliphatic heterocycles. The van der Waals surface area contributed by atoms with Gasteiger partial charge in [0.15, 0.2) is 0 Å². The molecule has 3 nitrogen and oxygen atoms in total. The van der Waals surface area contributed by atoms with Crippen LogP contribution in [-0.4, -0.2) is 24.2 Å². The average molecular weight is 222 g/mol. The Balaban J connectivity index is 3.39. The van der Waals surface area contributed by atoms with Crippen LogP contribution in [-0.2, 0) is 4.79 Å². The minimum Gasteiger partial charge on any atom is -0.481 e. The van der Waals surface area contributed by atoms with Crippen molar-refractivity contribution in [3.8, 4) is 0 Å². The third-order valence-electron chi connectivity index (χ3n) is 1.19. The number of hydrogen-bond donors (Lipinski definition) is 2. The summed E-state index contributed by atoms with van der Waals surface area (Å²) in [5, 5.41) is 11.4. The molecule has 0 bridgehead atoms. The van der Waals surface area contributed by atoms with E-state index in [1.54, 1.807) is 6.92 Å². The summed E-state index contributed by atoms with van der Waals surface area (Å²) in [6, 6.07) is 0. The van der Waals surface area contributed by atoms with E-state index < -0.39 is 5.97 Å². The summed E-state index contributed by atoms with van der Waals surface area (Å²) in [5.74, 6) is -1.13. The van der Waals surface area contributed by atoms with Crippen LogP contribution in [0.25, 0.3) is 0 Å². The summed E-state index contributed by atoms with van der Waals surface area (Å²) in [7, 11) is 0. The number of hydrogen-bond acceptors (Lipinski definition) is 2. The Labute approximate surface area is 74.6 Å². The van der Waals surface area contributed by atoms with Crippen molar-refractivity contribution < 1.29 is 9.90 Å². The van der Waals surface area contributed by atoms with Crippen molar-refractivity contribution in [1.29, 1.82) is 0 Å². The van der Waals surface area contributed by atoms with Crippen LogP contribution in [0.3, 0.4) is 0 Å². The van der Waals surface area contributed by atoms with Gasteiger partial charge in [-0.15, -0.1) is 0 Å². The zero-order valence-corrected chi connectivity index (χ0v) is 8.02. The van der Waals surface area contributed by atoms with Crippen LogP contribution >= 0.6 is 15.9 Å². The molecule has 0 aliphatic rings. The predicted octanol–water partition coefficient (Wildman–Crippen LogP) is 1.21. The fraction of sp³-hybridized carbons (Fsp3) is 0.571. The lowest BCUT2D eigenvalue weighted by Crippen LogP contribution is -2.26. The highest BCUT2D eigenvalue weighted by Gasteiger charge is 2.08. The molecule has 0 rings (SSSR count). The van der Waals surface area contributed by atoms with Gasteiger partial charge in [-0.2, -0.15) is 0 Å². The highest BCUT2D eigenvalue weighted by atomic mass is 79.9. The predicted molar refractivity (Wildman–Crippen MR) is 47.7 cm³/mol. The standard InChI is InChI=1S/C7H12BrNO2/c1-5(7(10)11)3-9-4-6(2)8/h5,9H,2-4H2,1H3,(H,10,11). The third kappa shape index (κ3) is 6.06. The van der Waals surface area contributed by atoms with Gasteiger partial charge in [0.1, 0.15) is 0 Å². The Morgan fingerprint density at radius 3 is 2.73 bits per heavy atom. The van der Waals surface area contributed by atoms with Crippen molar-refractivity contribution in [2.75, 3.05) is 13.1 Å². The highest BCUT2D eigenvalue weighted by molar-refractivity contribution is 9.11. The van der Waals surface area contributed by atoms with E-state index in [1.807, 2.05) is 0 Å². The number of halogens is 1. The molecule has 4 heteroatoms. The van der Waals surface area contributed by atoms with Crippen LogP contribution in [0.4, 0.5) is 0 Å². The summed E-state index contributed by atoms with van der Waals surface area (Å²) in [6.07, 6.45) is 0. The summed E-state index contributed by atoms with van der Waals surface area (Å²) >= 11 is 3.16. The lowest BCUT2D eigenvalue weighted by Gasteiger charge is -2.06. The fourth-order valence-corrected chi connectivity index (χ4v) is 0.710. The number of carboxylic acid groups (broad SMARTS) is 1. The fourth-order valence-electron chi connectivity index (χ4n) is 0.512. The van der Waals surface area contributed by atoms with Crippen molar-refractivity contribution >= 4 is 21.9 Å². The highest BCUT2D eigenvalue weighted by Crippen LogP contribution is 1.98. The second kappa shape index (κ2) is 5.32. The van der Waals surface area contributed by atoms with Gasteiger partial charge in [-0.25, -0.2) is 0 Å². The molecule has 0 amide bonds. The van der Waals surface area contributed by atoms with E-state index in [1.165, 1.54) is 0 Å². The van der Waals surface area contributed by atoms with Crippen molar-refractivity contribution in [2.24, 2.45) is 5.92 Å². The molecule has 0 aromatic heterocycles. The number of nitrogens with one attached hydrogen (secondary N) is 1. The van der Waals surface area contributed by atoms with Gasteiger partial charge in [-0.05, 0) is 0 Å². The van der Waals surface area contributed by atoms with E-state index in [-0.39, 0.29) is 5.92 Å². The molecule has 0 aromatic carbocycles. The second-order valence-electron chi connectivity index (χ2n) is 2.39. The molecule has 0 spiro atoms. The first-order valence-electron chi connectivity index (χ1n) is 3.31. The van der Waals surface area contributed by atoms with E-state index >= 15 is 0 Å². The molecule has 1 unspecified atom stereocenters. The van der Waals surface area contributed by atoms with Gasteiger partial charge < -0.3 is 10.4 Å². The van der Waals surface area contributed by atoms with Gasteiger partial charge in [0.2, 0.25) is 0 Å². The zero-order chi connectivity index (χ0) is 8.85. The molecule has 0 radical (unpaired) electrons. The van der Waals surface area contributed by atoms with Crippen LogP contribution < -0.4 is 5.32 Å². The van der Waals surface area contributed by atoms with Crippen LogP contribution in [0.1, 0.15) is 6.92 Å². The SMILES string of the molecule is C=C(Br)CNCC(C)C(=O)O. The topological polar surface area (TPSA) is 49.3 Å². The molecule has 0 saturated heterocycles. The first-order valence-corrected chi connectivity index (χ1v) is 4.10. The minimum absolute atomic E-state index is 0.346. The number of rotatable bonds is 5. The monoisotopic (exact) mass is 221 g/mol. The summed E-state index contributed by atoms with van der Waals surface area (Å²) < 4.78 is 0.829. The third-order valence-corrected chi connectivity index (χ3v) is 1.47. The number of carbonyl (C=O) groups is 1. The van der Waals surface area contributed by atoms with Crippen LogP contribution in [0.2, 0.25) is 0 Å². The summed E-state index contributed by atoms with van der Waals surface area (Å²) in [6.45, 7) is 6.34. The Kier molecular flexibility index (Phi) is 5.15. The molecule has 11 heavy (non-hydrogen) atoms. The van der Waals surface area contributed by atoms with Crippen LogP contribution in [0.15, 0.2) is 11.1 Å². The first kappa shape index (κ1) is 10.7. The van der Waals surface area contributed by atoms with Crippen LogP contribution in [0, 0.1) is 5.92 Å². The smallest absolute Gasteiger partial charge is 0.307 e. The van der Waals surface area contributed by atoms with Gasteiger partial charge in [0.05, 0.1) is 5.92 Å². The Bertz CT molecular complexity index is 159. The van der Waals surface area contributed by atoms with Crippen LogP contribution in [0.5, 0.6) is 0 Å². The molecule has 0 saturated carbocycles. The quantitative estimate of drug-likeness (QED) is 0.734. The molecular formula is C7H12BrNO2. The van der Waals surface area contributed by atoms with Gasteiger partial charge in [0.25, 0.3) is 0 Å². The second-order valence-corrected chi connectivity index (χ2v) is 3.51. The van der Waals surface area contributed by atoms with Crippen molar-refractivity contribution in [1.82, 2.24) is 5.32 Å². The zero-order valence-electron chi connectivity index (χ0n) is 6.43. The molecule has 0 heterocycles. The van der Waals surface area contributed by atoms with Crippen molar-refractivity contribution in [3.63, 3.8) is 0 Å². The molecule has 0 aliphatic carbocycles. The normalized spacial score (nSPS) is 12.5. The maximum absolute atomic E-state index is 10.3. The minimum atomic E-state index is -0.780. The van der Waals surface area contributed by atoms with Gasteiger partial charge in [-0.1, -0.05) is 29.4 Å². The Morgan fingerprint density at radius 2 is 2.36 bits per heavy atom. The van der Waals surface area contributed by atoms with Crippen molar-refractivity contribution in [2.45, 2.75) is 6.92 Å². The largest absolute Gasteiger partial charge is 0.481 e. The van der Waals surface area contributed by atoms with E-state index in [2.05, 4.69) is 27.8 Å². The van der Waals surface area contributed by atoms with Gasteiger partial charge in [0, 0.05) is 17.6 Å². The maximum atomic E-state index is 10.3. The van der Waals surface area contributed by atoms with E-state index in [0.717, 1.165) is 4.48 Å². The summed E-state index contributed by atoms with van der Waals surface area (Å²) in [4.78, 5) is 10.3. The molecule has 2 N–H and O–H groups in total. The average Bonchev–Trinajstić information content (AvgIpc) is 1.86. The lowest BCUT2D eigenvalue weighted by molar-refractivity contribution is -0.140. The molecule has 64 valence electrons. The van der Waals surface area contributed by atoms with Gasteiger partial charge >= 0.3 is 5.97 Å². The van der Waals surface area contributed by atoms with E-state index in [0.29, 0.717) is 13.1 Å².